The number of rotatable bonds is 4. The quantitative estimate of drug-likeness (QED) is 0.628. The smallest absolute Gasteiger partial charge is 0.359 e. The third kappa shape index (κ3) is 3.28. The van der Waals surface area contributed by atoms with Gasteiger partial charge in [0.05, 0.1) is 12.3 Å². The number of esters is 1. The lowest BCUT2D eigenvalue weighted by atomic mass is 10.1. The van der Waals surface area contributed by atoms with Crippen LogP contribution in [0.15, 0.2) is 48.5 Å². The first-order valence-electron chi connectivity index (χ1n) is 7.80. The van der Waals surface area contributed by atoms with Crippen molar-refractivity contribution < 1.29 is 13.9 Å². The third-order valence-electron chi connectivity index (χ3n) is 3.79. The van der Waals surface area contributed by atoms with Crippen molar-refractivity contribution in [1.29, 1.82) is 0 Å². The lowest BCUT2D eigenvalue weighted by molar-refractivity contribution is 0.0518. The molecule has 0 amide bonds. The third-order valence-corrected chi connectivity index (χ3v) is 4.04. The average Bonchev–Trinajstić information content (AvgIpc) is 2.94. The summed E-state index contributed by atoms with van der Waals surface area (Å²) in [5.74, 6) is -0.971. The van der Waals surface area contributed by atoms with Crippen LogP contribution in [0.5, 0.6) is 0 Å². The van der Waals surface area contributed by atoms with Gasteiger partial charge >= 0.3 is 5.97 Å². The molecule has 0 aliphatic heterocycles. The van der Waals surface area contributed by atoms with Crippen molar-refractivity contribution in [3.05, 3.63) is 70.6 Å². The van der Waals surface area contributed by atoms with Gasteiger partial charge in [-0.25, -0.2) is 13.9 Å². The molecule has 0 bridgehead atoms. The monoisotopic (exact) mass is 358 g/mol. The first-order chi connectivity index (χ1) is 12.0. The minimum atomic E-state index is -0.537. The molecule has 0 aliphatic rings. The molecule has 128 valence electrons. The Morgan fingerprint density at radius 2 is 1.88 bits per heavy atom. The predicted octanol–water partition coefficient (Wildman–Crippen LogP) is 4.82. The van der Waals surface area contributed by atoms with Crippen LogP contribution in [0.25, 0.3) is 16.9 Å². The maximum Gasteiger partial charge on any atom is 0.359 e. The number of nitrogens with zero attached hydrogens (tertiary/aromatic N) is 2. The SMILES string of the molecule is CCOC(=O)c1nn(-c2ccccc2F)c(-c2ccc(Cl)cc2)c1C. The Morgan fingerprint density at radius 1 is 1.20 bits per heavy atom. The number of carbonyl (C=O) groups is 1. The highest BCUT2D eigenvalue weighted by Gasteiger charge is 2.24. The van der Waals surface area contributed by atoms with Crippen molar-refractivity contribution >= 4 is 17.6 Å². The van der Waals surface area contributed by atoms with Crippen LogP contribution >= 0.6 is 11.6 Å². The zero-order valence-corrected chi connectivity index (χ0v) is 14.5. The highest BCUT2D eigenvalue weighted by molar-refractivity contribution is 6.30. The van der Waals surface area contributed by atoms with E-state index in [4.69, 9.17) is 16.3 Å². The summed E-state index contributed by atoms with van der Waals surface area (Å²) in [4.78, 5) is 12.2. The second kappa shape index (κ2) is 7.07. The Balaban J connectivity index is 2.25. The number of carbonyl (C=O) groups excluding carboxylic acids is 1. The standard InChI is InChI=1S/C19H16ClFN2O2/c1-3-25-19(24)17-12(2)18(13-8-10-14(20)11-9-13)23(22-17)16-7-5-4-6-15(16)21/h4-11H,3H2,1-2H3. The molecule has 4 nitrogen and oxygen atoms in total. The van der Waals surface area contributed by atoms with Crippen molar-refractivity contribution in [2.45, 2.75) is 13.8 Å². The lowest BCUT2D eigenvalue weighted by Crippen LogP contribution is -2.08. The van der Waals surface area contributed by atoms with Crippen molar-refractivity contribution in [3.63, 3.8) is 0 Å². The second-order valence-electron chi connectivity index (χ2n) is 5.41. The van der Waals surface area contributed by atoms with E-state index in [-0.39, 0.29) is 18.0 Å². The van der Waals surface area contributed by atoms with Gasteiger partial charge in [0.1, 0.15) is 11.5 Å². The topological polar surface area (TPSA) is 44.1 Å². The van der Waals surface area contributed by atoms with Gasteiger partial charge in [0, 0.05) is 16.1 Å². The van der Waals surface area contributed by atoms with E-state index in [1.54, 1.807) is 56.3 Å². The molecular formula is C19H16ClFN2O2. The van der Waals surface area contributed by atoms with Crippen LogP contribution in [0.2, 0.25) is 5.02 Å². The predicted molar refractivity (Wildman–Crippen MR) is 94.7 cm³/mol. The Kier molecular flexibility index (Phi) is 4.86. The lowest BCUT2D eigenvalue weighted by Gasteiger charge is -2.09. The molecule has 0 saturated carbocycles. The van der Waals surface area contributed by atoms with E-state index in [1.807, 2.05) is 0 Å². The van der Waals surface area contributed by atoms with E-state index < -0.39 is 11.8 Å². The largest absolute Gasteiger partial charge is 0.461 e. The van der Waals surface area contributed by atoms with Gasteiger partial charge in [-0.2, -0.15) is 5.10 Å². The van der Waals surface area contributed by atoms with Crippen LogP contribution in [-0.4, -0.2) is 22.4 Å². The van der Waals surface area contributed by atoms with E-state index in [9.17, 15) is 9.18 Å². The van der Waals surface area contributed by atoms with E-state index in [0.717, 1.165) is 5.56 Å². The summed E-state index contributed by atoms with van der Waals surface area (Å²) in [5.41, 5.74) is 2.42. The van der Waals surface area contributed by atoms with Crippen molar-refractivity contribution in [2.24, 2.45) is 0 Å². The summed E-state index contributed by atoms with van der Waals surface area (Å²) in [5, 5.41) is 4.91. The van der Waals surface area contributed by atoms with Crippen LogP contribution in [0.1, 0.15) is 23.0 Å². The van der Waals surface area contributed by atoms with Crippen LogP contribution in [0.4, 0.5) is 4.39 Å². The molecule has 1 heterocycles. The zero-order chi connectivity index (χ0) is 18.0. The van der Waals surface area contributed by atoms with Gasteiger partial charge in [0.2, 0.25) is 0 Å². The number of halogens is 2. The summed E-state index contributed by atoms with van der Waals surface area (Å²) >= 11 is 5.96. The highest BCUT2D eigenvalue weighted by Crippen LogP contribution is 2.30. The summed E-state index contributed by atoms with van der Waals surface area (Å²) < 4.78 is 20.8. The summed E-state index contributed by atoms with van der Waals surface area (Å²) in [7, 11) is 0. The van der Waals surface area contributed by atoms with Crippen LogP contribution < -0.4 is 0 Å². The maximum absolute atomic E-state index is 14.3. The zero-order valence-electron chi connectivity index (χ0n) is 13.8. The number of hydrogen-bond acceptors (Lipinski definition) is 3. The van der Waals surface area contributed by atoms with Crippen LogP contribution in [0, 0.1) is 12.7 Å². The molecule has 0 N–H and O–H groups in total. The van der Waals surface area contributed by atoms with Gasteiger partial charge in [0.15, 0.2) is 5.69 Å². The fourth-order valence-electron chi connectivity index (χ4n) is 2.63. The minimum absolute atomic E-state index is 0.162. The Bertz CT molecular complexity index is 920. The summed E-state index contributed by atoms with van der Waals surface area (Å²) in [6.45, 7) is 3.73. The molecule has 3 rings (SSSR count). The van der Waals surface area contributed by atoms with E-state index in [2.05, 4.69) is 5.10 Å². The van der Waals surface area contributed by atoms with E-state index in [0.29, 0.717) is 16.3 Å². The van der Waals surface area contributed by atoms with Crippen molar-refractivity contribution in [2.75, 3.05) is 6.61 Å². The van der Waals surface area contributed by atoms with Crippen molar-refractivity contribution in [3.8, 4) is 16.9 Å². The van der Waals surface area contributed by atoms with Gasteiger partial charge in [-0.1, -0.05) is 35.9 Å². The molecule has 1 aromatic heterocycles. The number of para-hydroxylation sites is 1. The first-order valence-corrected chi connectivity index (χ1v) is 8.18. The molecule has 3 aromatic rings. The summed E-state index contributed by atoms with van der Waals surface area (Å²) in [6, 6.07) is 13.3. The van der Waals surface area contributed by atoms with Gasteiger partial charge in [0.25, 0.3) is 0 Å². The summed E-state index contributed by atoms with van der Waals surface area (Å²) in [6.07, 6.45) is 0. The van der Waals surface area contributed by atoms with Crippen molar-refractivity contribution in [1.82, 2.24) is 9.78 Å². The fourth-order valence-corrected chi connectivity index (χ4v) is 2.76. The molecule has 0 aliphatic carbocycles. The molecule has 25 heavy (non-hydrogen) atoms. The molecule has 0 fully saturated rings. The second-order valence-corrected chi connectivity index (χ2v) is 5.85. The maximum atomic E-state index is 14.3. The Hall–Kier alpha value is -2.66. The number of ether oxygens (including phenoxy) is 1. The Labute approximate surface area is 149 Å². The molecular weight excluding hydrogens is 343 g/mol. The molecule has 0 atom stereocenters. The van der Waals surface area contributed by atoms with Gasteiger partial charge in [-0.05, 0) is 38.1 Å². The molecule has 0 radical (unpaired) electrons. The van der Waals surface area contributed by atoms with Crippen LogP contribution in [-0.2, 0) is 4.74 Å². The molecule has 6 heteroatoms. The fraction of sp³-hybridized carbons (Fsp3) is 0.158. The van der Waals surface area contributed by atoms with Gasteiger partial charge < -0.3 is 4.74 Å². The van der Waals surface area contributed by atoms with E-state index >= 15 is 0 Å². The average molecular weight is 359 g/mol. The number of hydrogen-bond donors (Lipinski definition) is 0. The van der Waals surface area contributed by atoms with Crippen LogP contribution in [0.3, 0.4) is 0 Å². The molecule has 0 unspecified atom stereocenters. The number of benzene rings is 2. The molecule has 0 spiro atoms. The Morgan fingerprint density at radius 3 is 2.52 bits per heavy atom. The number of aromatic nitrogens is 2. The first kappa shape index (κ1) is 17.2. The highest BCUT2D eigenvalue weighted by atomic mass is 35.5. The normalized spacial score (nSPS) is 10.7. The molecule has 2 aromatic carbocycles. The minimum Gasteiger partial charge on any atom is -0.461 e. The van der Waals surface area contributed by atoms with E-state index in [1.165, 1.54) is 10.7 Å². The van der Waals surface area contributed by atoms with Gasteiger partial charge in [-0.15, -0.1) is 0 Å². The van der Waals surface area contributed by atoms with Gasteiger partial charge in [-0.3, -0.25) is 0 Å². The molecule has 0 saturated heterocycles.